The number of hydrogen-bond acceptors (Lipinski definition) is 10. The highest BCUT2D eigenvalue weighted by Crippen LogP contribution is 2.60. The van der Waals surface area contributed by atoms with Gasteiger partial charge in [0.2, 0.25) is 5.91 Å². The van der Waals surface area contributed by atoms with Crippen LogP contribution in [0.15, 0.2) is 114 Å². The number of aliphatic hydroxyl groups excluding tert-OH is 2. The standard InChI is InChI=1S/C55H72N6O6/c1-35-47-28-43(55(47,3)4)29-48(35)58-54(65)51-50(36(2)63)49(34-62)67-61(51)31-40-21-16-22-46(52(40)66-9)41-23-39(30-56-44(32-59(5)6)25-37-17-12-10-13-18-37)24-42(27-41)53(64)57-45(33-60(7)8)26-38-19-14-11-15-20-38/h10-24,27,36,43,45,47-51,62-63H,1,25-26,28-34H2,2-9H3,(H,57,64)(H,58,65)/t36-,43+,45-,47-,48-,49-,50+,51-/m0/s1. The maximum absolute atomic E-state index is 14.5. The Morgan fingerprint density at radius 3 is 2.25 bits per heavy atom. The minimum absolute atomic E-state index is 0.120. The molecule has 0 unspecified atom stereocenters. The summed E-state index contributed by atoms with van der Waals surface area (Å²) in [6.07, 6.45) is 1.53. The van der Waals surface area contributed by atoms with E-state index in [0.717, 1.165) is 51.9 Å². The van der Waals surface area contributed by atoms with Crippen LogP contribution in [0.1, 0.15) is 66.2 Å². The highest BCUT2D eigenvalue weighted by Gasteiger charge is 2.56. The lowest BCUT2D eigenvalue weighted by atomic mass is 9.46. The van der Waals surface area contributed by atoms with E-state index in [1.54, 1.807) is 19.1 Å². The highest BCUT2D eigenvalue weighted by molar-refractivity contribution is 5.96. The largest absolute Gasteiger partial charge is 0.496 e. The van der Waals surface area contributed by atoms with Crippen LogP contribution in [-0.2, 0) is 35.6 Å². The maximum atomic E-state index is 14.5. The molecule has 12 heteroatoms. The number of fused-ring (bicyclic) bond motifs is 2. The minimum Gasteiger partial charge on any atom is -0.496 e. The van der Waals surface area contributed by atoms with E-state index < -0.39 is 24.2 Å². The Balaban J connectivity index is 1.22. The summed E-state index contributed by atoms with van der Waals surface area (Å²) in [7, 11) is 9.70. The second kappa shape index (κ2) is 21.8. The van der Waals surface area contributed by atoms with Crippen molar-refractivity contribution in [2.45, 2.75) is 89.9 Å². The van der Waals surface area contributed by atoms with Gasteiger partial charge in [0.05, 0.1) is 39.0 Å². The topological polar surface area (TPSA) is 139 Å². The van der Waals surface area contributed by atoms with E-state index in [9.17, 15) is 19.8 Å². The van der Waals surface area contributed by atoms with Crippen molar-refractivity contribution in [2.24, 2.45) is 28.2 Å². The molecule has 0 aromatic heterocycles. The quantitative estimate of drug-likeness (QED) is 0.0572. The van der Waals surface area contributed by atoms with Gasteiger partial charge in [0, 0.05) is 53.9 Å². The fourth-order valence-corrected chi connectivity index (χ4v) is 10.8. The van der Waals surface area contributed by atoms with Gasteiger partial charge in [0.15, 0.2) is 0 Å². The van der Waals surface area contributed by atoms with Gasteiger partial charge in [0.1, 0.15) is 17.9 Å². The van der Waals surface area contributed by atoms with Crippen molar-refractivity contribution in [3.63, 3.8) is 0 Å². The fourth-order valence-electron chi connectivity index (χ4n) is 10.8. The van der Waals surface area contributed by atoms with Gasteiger partial charge < -0.3 is 35.4 Å². The molecule has 3 saturated carbocycles. The molecule has 1 saturated heterocycles. The van der Waals surface area contributed by atoms with Gasteiger partial charge in [-0.1, -0.05) is 105 Å². The third-order valence-electron chi connectivity index (χ3n) is 14.3. The predicted molar refractivity (Wildman–Crippen MR) is 266 cm³/mol. The van der Waals surface area contributed by atoms with Crippen LogP contribution in [0.2, 0.25) is 0 Å². The van der Waals surface area contributed by atoms with E-state index in [-0.39, 0.29) is 42.5 Å². The lowest BCUT2D eigenvalue weighted by Crippen LogP contribution is -2.59. The van der Waals surface area contributed by atoms with E-state index in [1.807, 2.05) is 94.9 Å². The Morgan fingerprint density at radius 1 is 0.940 bits per heavy atom. The third-order valence-corrected chi connectivity index (χ3v) is 14.3. The SMILES string of the molecule is C=C1[C@@H](NC(=O)[C@@H]2[C@H]([C@H](C)O)[C@H](CO)ON2Cc2cccc(-c3cc(CN=C(Cc4ccccc4)CN(C)C)cc(C(=O)N[C@@H](Cc4ccccc4)CN(C)C)c3)c2OC)C[C@H]2C[C@@H]1C2(C)C. The predicted octanol–water partition coefficient (Wildman–Crippen LogP) is 6.59. The molecule has 8 atom stereocenters. The van der Waals surface area contributed by atoms with Crippen molar-refractivity contribution in [1.29, 1.82) is 0 Å². The monoisotopic (exact) mass is 913 g/mol. The Morgan fingerprint density at radius 2 is 1.64 bits per heavy atom. The second-order valence-corrected chi connectivity index (χ2v) is 20.2. The molecule has 3 aliphatic carbocycles. The molecule has 8 rings (SSSR count). The number of hydrogen-bond donors (Lipinski definition) is 4. The summed E-state index contributed by atoms with van der Waals surface area (Å²) in [5, 5.41) is 29.8. The van der Waals surface area contributed by atoms with E-state index >= 15 is 0 Å². The first-order valence-electron chi connectivity index (χ1n) is 23.8. The average Bonchev–Trinajstić information content (AvgIpc) is 3.67. The van der Waals surface area contributed by atoms with Gasteiger partial charge in [-0.3, -0.25) is 19.4 Å². The number of nitrogens with one attached hydrogen (secondary N) is 2. The van der Waals surface area contributed by atoms with Crippen LogP contribution in [0.4, 0.5) is 0 Å². The summed E-state index contributed by atoms with van der Waals surface area (Å²) in [6.45, 7) is 12.1. The number of aliphatic hydroxyl groups is 2. The first kappa shape index (κ1) is 49.7. The molecule has 4 N–H and O–H groups in total. The molecule has 0 radical (unpaired) electrons. The van der Waals surface area contributed by atoms with Crippen molar-refractivity contribution in [3.05, 3.63) is 137 Å². The van der Waals surface area contributed by atoms with Crippen molar-refractivity contribution < 1.29 is 29.4 Å². The number of rotatable bonds is 20. The molecule has 4 aliphatic rings. The number of aliphatic imine (C=N–C) groups is 1. The molecule has 0 spiro atoms. The number of methoxy groups -OCH3 is 1. The lowest BCUT2D eigenvalue weighted by Gasteiger charge is -2.60. The molecule has 358 valence electrons. The number of carbonyl (C=O) groups excluding carboxylic acids is 2. The summed E-state index contributed by atoms with van der Waals surface area (Å²) in [5.74, 6) is 0.229. The average molecular weight is 913 g/mol. The molecule has 4 aromatic rings. The molecule has 67 heavy (non-hydrogen) atoms. The minimum atomic E-state index is -0.945. The summed E-state index contributed by atoms with van der Waals surface area (Å²) >= 11 is 0. The van der Waals surface area contributed by atoms with Gasteiger partial charge in [-0.2, -0.15) is 5.06 Å². The van der Waals surface area contributed by atoms with Gasteiger partial charge in [-0.05, 0) is 112 Å². The number of benzene rings is 4. The normalized spacial score (nSPS) is 23.5. The molecule has 2 amide bonds. The summed E-state index contributed by atoms with van der Waals surface area (Å²) < 4.78 is 6.23. The number of likely N-dealkylation sites (N-methyl/N-ethyl adjacent to an activating group) is 1. The van der Waals surface area contributed by atoms with E-state index in [1.165, 1.54) is 5.56 Å². The number of hydroxylamine groups is 2. The van der Waals surface area contributed by atoms with E-state index in [2.05, 4.69) is 71.2 Å². The zero-order valence-corrected chi connectivity index (χ0v) is 40.7. The van der Waals surface area contributed by atoms with Crippen molar-refractivity contribution >= 4 is 17.5 Å². The molecular weight excluding hydrogens is 841 g/mol. The second-order valence-electron chi connectivity index (χ2n) is 20.2. The van der Waals surface area contributed by atoms with Crippen molar-refractivity contribution in [2.75, 3.05) is 55.0 Å². The molecule has 1 aliphatic heterocycles. The van der Waals surface area contributed by atoms with Crippen LogP contribution in [-0.4, -0.2) is 128 Å². The maximum Gasteiger partial charge on any atom is 0.251 e. The first-order chi connectivity index (χ1) is 32.1. The summed E-state index contributed by atoms with van der Waals surface area (Å²) in [5.41, 5.74) is 8.15. The first-order valence-corrected chi connectivity index (χ1v) is 23.8. The number of nitrogens with zero attached hydrogens (tertiary/aromatic N) is 4. The summed E-state index contributed by atoms with van der Waals surface area (Å²) in [4.78, 5) is 44.7. The number of ether oxygens (including phenoxy) is 1. The van der Waals surface area contributed by atoms with Crippen LogP contribution >= 0.6 is 0 Å². The van der Waals surface area contributed by atoms with Crippen LogP contribution in [0.3, 0.4) is 0 Å². The van der Waals surface area contributed by atoms with E-state index in [0.29, 0.717) is 55.6 Å². The Hall–Kier alpha value is -5.21. The number of para-hydroxylation sites is 1. The third kappa shape index (κ3) is 11.7. The van der Waals surface area contributed by atoms with Gasteiger partial charge in [0.25, 0.3) is 5.91 Å². The molecule has 1 heterocycles. The molecule has 2 bridgehead atoms. The number of carbonyl (C=O) groups is 2. The zero-order chi connectivity index (χ0) is 48.0. The van der Waals surface area contributed by atoms with Gasteiger partial charge >= 0.3 is 0 Å². The van der Waals surface area contributed by atoms with Crippen LogP contribution in [0, 0.1) is 23.2 Å². The van der Waals surface area contributed by atoms with Crippen LogP contribution < -0.4 is 15.4 Å². The van der Waals surface area contributed by atoms with Gasteiger partial charge in [-0.15, -0.1) is 0 Å². The fraction of sp³-hybridized carbons (Fsp3) is 0.473. The molecule has 4 aromatic carbocycles. The van der Waals surface area contributed by atoms with Crippen molar-refractivity contribution in [3.8, 4) is 16.9 Å². The molecular formula is C55H72N6O6. The number of amides is 2. The van der Waals surface area contributed by atoms with Gasteiger partial charge in [-0.25, -0.2) is 0 Å². The van der Waals surface area contributed by atoms with Crippen molar-refractivity contribution in [1.82, 2.24) is 25.5 Å². The highest BCUT2D eigenvalue weighted by atomic mass is 16.7. The molecule has 12 nitrogen and oxygen atoms in total. The van der Waals surface area contributed by atoms with Crippen LogP contribution in [0.5, 0.6) is 5.75 Å². The van der Waals surface area contributed by atoms with E-state index in [4.69, 9.17) is 14.6 Å². The molecule has 4 fully saturated rings. The van der Waals surface area contributed by atoms with Crippen LogP contribution in [0.25, 0.3) is 11.1 Å². The Kier molecular flexibility index (Phi) is 16.2. The lowest BCUT2D eigenvalue weighted by molar-refractivity contribution is -0.182. The smallest absolute Gasteiger partial charge is 0.251 e. The zero-order valence-electron chi connectivity index (χ0n) is 40.7. The Labute approximate surface area is 398 Å². The summed E-state index contributed by atoms with van der Waals surface area (Å²) in [6, 6.07) is 31.0. The Bertz CT molecular complexity index is 2370.